The maximum Gasteiger partial charge on any atom is 0.263 e. The number of hydrogen-bond acceptors (Lipinski definition) is 5. The van der Waals surface area contributed by atoms with Crippen molar-refractivity contribution in [1.29, 1.82) is 0 Å². The van der Waals surface area contributed by atoms with E-state index in [4.69, 9.17) is 0 Å². The molecule has 0 spiro atoms. The van der Waals surface area contributed by atoms with Crippen LogP contribution in [0.3, 0.4) is 0 Å². The Morgan fingerprint density at radius 1 is 1.24 bits per heavy atom. The number of nitrogens with one attached hydrogen (secondary N) is 1. The molecule has 0 aliphatic heterocycles. The van der Waals surface area contributed by atoms with E-state index in [0.29, 0.717) is 10.6 Å². The van der Waals surface area contributed by atoms with Gasteiger partial charge in [0.15, 0.2) is 5.13 Å². The fraction of sp³-hybridized carbons (Fsp3) is 0.231. The Morgan fingerprint density at radius 3 is 2.67 bits per heavy atom. The van der Waals surface area contributed by atoms with E-state index in [9.17, 15) is 8.42 Å². The highest BCUT2D eigenvalue weighted by molar-refractivity contribution is 7.93. The van der Waals surface area contributed by atoms with Crippen LogP contribution in [-0.2, 0) is 17.1 Å². The molecule has 3 aromatic rings. The third kappa shape index (κ3) is 2.52. The summed E-state index contributed by atoms with van der Waals surface area (Å²) in [5.74, 6) is 0.836. The zero-order valence-electron chi connectivity index (χ0n) is 11.8. The molecule has 0 bridgehead atoms. The molecule has 0 aliphatic rings. The molecule has 0 saturated carbocycles. The number of imidazole rings is 1. The molecule has 110 valence electrons. The highest BCUT2D eigenvalue weighted by Crippen LogP contribution is 2.23. The molecule has 0 fully saturated rings. The third-order valence-electron chi connectivity index (χ3n) is 3.23. The van der Waals surface area contributed by atoms with Gasteiger partial charge in [0, 0.05) is 12.4 Å². The molecule has 0 radical (unpaired) electrons. The number of sulfonamides is 1. The van der Waals surface area contributed by atoms with E-state index in [1.54, 1.807) is 23.6 Å². The van der Waals surface area contributed by atoms with Crippen LogP contribution in [0.2, 0.25) is 0 Å². The molecule has 2 heterocycles. The highest BCUT2D eigenvalue weighted by Gasteiger charge is 2.17. The number of nitrogens with zero attached hydrogens (tertiary/aromatic N) is 3. The maximum atomic E-state index is 12.4. The molecule has 0 atom stereocenters. The molecule has 6 nitrogen and oxygen atoms in total. The number of hydrogen-bond donors (Lipinski definition) is 1. The fourth-order valence-electron chi connectivity index (χ4n) is 2.04. The second kappa shape index (κ2) is 4.81. The minimum absolute atomic E-state index is 0.181. The van der Waals surface area contributed by atoms with Gasteiger partial charge in [0.1, 0.15) is 5.82 Å². The zero-order chi connectivity index (χ0) is 15.2. The van der Waals surface area contributed by atoms with E-state index in [0.717, 1.165) is 17.0 Å². The second-order valence-electron chi connectivity index (χ2n) is 4.77. The first-order valence-corrected chi connectivity index (χ1v) is 8.61. The first kappa shape index (κ1) is 14.0. The van der Waals surface area contributed by atoms with Crippen molar-refractivity contribution in [2.45, 2.75) is 18.7 Å². The lowest BCUT2D eigenvalue weighted by atomic mass is 10.3. The monoisotopic (exact) mass is 322 g/mol. The minimum Gasteiger partial charge on any atom is -0.331 e. The van der Waals surface area contributed by atoms with Gasteiger partial charge in [-0.15, -0.1) is 11.3 Å². The molecule has 1 aromatic carbocycles. The van der Waals surface area contributed by atoms with Crippen molar-refractivity contribution in [2.24, 2.45) is 7.05 Å². The molecule has 0 saturated heterocycles. The molecule has 1 N–H and O–H groups in total. The van der Waals surface area contributed by atoms with Crippen LogP contribution in [0.1, 0.15) is 11.5 Å². The van der Waals surface area contributed by atoms with Crippen LogP contribution in [0.5, 0.6) is 0 Å². The van der Waals surface area contributed by atoms with E-state index in [1.807, 2.05) is 25.5 Å². The van der Waals surface area contributed by atoms with Crippen molar-refractivity contribution in [2.75, 3.05) is 4.72 Å². The van der Waals surface area contributed by atoms with Crippen molar-refractivity contribution in [3.8, 4) is 0 Å². The van der Waals surface area contributed by atoms with Gasteiger partial charge in [-0.1, -0.05) is 0 Å². The van der Waals surface area contributed by atoms with Crippen LogP contribution in [-0.4, -0.2) is 23.0 Å². The topological polar surface area (TPSA) is 76.9 Å². The van der Waals surface area contributed by atoms with Gasteiger partial charge in [-0.2, -0.15) is 0 Å². The normalized spacial score (nSPS) is 12.0. The Balaban J connectivity index is 2.02. The van der Waals surface area contributed by atoms with Crippen LogP contribution in [0.15, 0.2) is 28.5 Å². The molecule has 2 aromatic heterocycles. The Bertz CT molecular complexity index is 925. The average molecular weight is 322 g/mol. The van der Waals surface area contributed by atoms with Crippen LogP contribution in [0, 0.1) is 13.8 Å². The largest absolute Gasteiger partial charge is 0.331 e. The van der Waals surface area contributed by atoms with Gasteiger partial charge in [-0.25, -0.2) is 18.4 Å². The van der Waals surface area contributed by atoms with Gasteiger partial charge in [0.05, 0.1) is 21.6 Å². The SMILES string of the molecule is Cc1csc(NS(=O)(=O)c2ccc3c(c2)nc(C)n3C)n1. The molecular formula is C13H14N4O2S2. The maximum absolute atomic E-state index is 12.4. The lowest BCUT2D eigenvalue weighted by Crippen LogP contribution is -2.12. The van der Waals surface area contributed by atoms with E-state index >= 15 is 0 Å². The first-order valence-electron chi connectivity index (χ1n) is 6.25. The van der Waals surface area contributed by atoms with Crippen molar-refractivity contribution < 1.29 is 8.42 Å². The summed E-state index contributed by atoms with van der Waals surface area (Å²) in [5, 5.41) is 2.16. The van der Waals surface area contributed by atoms with Crippen molar-refractivity contribution in [3.05, 3.63) is 35.1 Å². The molecular weight excluding hydrogens is 308 g/mol. The molecule has 8 heteroatoms. The summed E-state index contributed by atoms with van der Waals surface area (Å²) >= 11 is 1.26. The summed E-state index contributed by atoms with van der Waals surface area (Å²) in [6.07, 6.45) is 0. The van der Waals surface area contributed by atoms with Gasteiger partial charge < -0.3 is 4.57 Å². The third-order valence-corrected chi connectivity index (χ3v) is 5.57. The summed E-state index contributed by atoms with van der Waals surface area (Å²) in [7, 11) is -1.75. The molecule has 3 rings (SSSR count). The smallest absolute Gasteiger partial charge is 0.263 e. The first-order chi connectivity index (χ1) is 9.87. The predicted octanol–water partition coefficient (Wildman–Crippen LogP) is 2.45. The molecule has 0 unspecified atom stereocenters. The number of fused-ring (bicyclic) bond motifs is 1. The van der Waals surface area contributed by atoms with Crippen LogP contribution >= 0.6 is 11.3 Å². The quantitative estimate of drug-likeness (QED) is 0.803. The summed E-state index contributed by atoms with van der Waals surface area (Å²) in [5.41, 5.74) is 2.35. The predicted molar refractivity (Wildman–Crippen MR) is 83.1 cm³/mol. The molecule has 0 aliphatic carbocycles. The van der Waals surface area contributed by atoms with Gasteiger partial charge in [0.2, 0.25) is 0 Å². The van der Waals surface area contributed by atoms with E-state index in [1.165, 1.54) is 11.3 Å². The number of benzene rings is 1. The summed E-state index contributed by atoms with van der Waals surface area (Å²) in [6.45, 7) is 3.70. The van der Waals surface area contributed by atoms with Gasteiger partial charge in [0.25, 0.3) is 10.0 Å². The van der Waals surface area contributed by atoms with Gasteiger partial charge >= 0.3 is 0 Å². The van der Waals surface area contributed by atoms with Crippen molar-refractivity contribution in [1.82, 2.24) is 14.5 Å². The number of aromatic nitrogens is 3. The van der Waals surface area contributed by atoms with Crippen LogP contribution in [0.4, 0.5) is 5.13 Å². The number of thiazole rings is 1. The van der Waals surface area contributed by atoms with Gasteiger partial charge in [-0.05, 0) is 32.0 Å². The highest BCUT2D eigenvalue weighted by atomic mass is 32.2. The van der Waals surface area contributed by atoms with Crippen molar-refractivity contribution >= 4 is 37.5 Å². The Kier molecular flexibility index (Phi) is 3.22. The van der Waals surface area contributed by atoms with Crippen LogP contribution < -0.4 is 4.72 Å². The van der Waals surface area contributed by atoms with Crippen molar-refractivity contribution in [3.63, 3.8) is 0 Å². The Labute approximate surface area is 126 Å². The van der Waals surface area contributed by atoms with Crippen LogP contribution in [0.25, 0.3) is 11.0 Å². The van der Waals surface area contributed by atoms with Gasteiger partial charge in [-0.3, -0.25) is 4.72 Å². The molecule has 21 heavy (non-hydrogen) atoms. The fourth-order valence-corrected chi connectivity index (χ4v) is 4.00. The lowest BCUT2D eigenvalue weighted by Gasteiger charge is -2.05. The Hall–Kier alpha value is -1.93. The second-order valence-corrected chi connectivity index (χ2v) is 7.31. The summed E-state index contributed by atoms with van der Waals surface area (Å²) < 4.78 is 29.1. The number of aryl methyl sites for hydroxylation is 3. The van der Waals surface area contributed by atoms with E-state index in [-0.39, 0.29) is 4.90 Å². The Morgan fingerprint density at radius 2 is 2.00 bits per heavy atom. The van der Waals surface area contributed by atoms with E-state index < -0.39 is 10.0 Å². The summed E-state index contributed by atoms with van der Waals surface area (Å²) in [4.78, 5) is 8.65. The molecule has 0 amide bonds. The number of anilines is 1. The lowest BCUT2D eigenvalue weighted by molar-refractivity contribution is 0.601. The van der Waals surface area contributed by atoms with E-state index in [2.05, 4.69) is 14.7 Å². The standard InChI is InChI=1S/C13H14N4O2S2/c1-8-7-20-13(14-8)16-21(18,19)10-4-5-12-11(6-10)15-9(2)17(12)3/h4-7H,1-3H3,(H,14,16). The number of rotatable bonds is 3. The minimum atomic E-state index is -3.65. The summed E-state index contributed by atoms with van der Waals surface area (Å²) in [6, 6.07) is 4.91. The zero-order valence-corrected chi connectivity index (χ0v) is 13.4. The average Bonchev–Trinajstić information content (AvgIpc) is 2.93.